The van der Waals surface area contributed by atoms with Crippen LogP contribution in [0.15, 0.2) is 41.2 Å². The van der Waals surface area contributed by atoms with Gasteiger partial charge in [-0.15, -0.1) is 0 Å². The Morgan fingerprint density at radius 1 is 1.06 bits per heavy atom. The van der Waals surface area contributed by atoms with Crippen LogP contribution in [0.3, 0.4) is 0 Å². The summed E-state index contributed by atoms with van der Waals surface area (Å²) in [7, 11) is 1.70. The van der Waals surface area contributed by atoms with Gasteiger partial charge in [0, 0.05) is 38.3 Å². The zero-order valence-corrected chi connectivity index (χ0v) is 20.1. The van der Waals surface area contributed by atoms with Crippen LogP contribution in [-0.2, 0) is 7.05 Å². The number of hydrogen-bond acceptors (Lipinski definition) is 6. The molecule has 7 nitrogen and oxygen atoms in total. The van der Waals surface area contributed by atoms with E-state index in [0.29, 0.717) is 34.6 Å². The van der Waals surface area contributed by atoms with Gasteiger partial charge in [0.25, 0.3) is 0 Å². The van der Waals surface area contributed by atoms with E-state index in [1.807, 2.05) is 0 Å². The maximum absolute atomic E-state index is 12.7. The average Bonchev–Trinajstić information content (AvgIpc) is 2.85. The van der Waals surface area contributed by atoms with Crippen molar-refractivity contribution in [2.24, 2.45) is 7.05 Å². The summed E-state index contributed by atoms with van der Waals surface area (Å²) in [5, 5.41) is 9.40. The monoisotopic (exact) mass is 444 g/mol. The summed E-state index contributed by atoms with van der Waals surface area (Å²) in [6.45, 7) is 10.4. The van der Waals surface area contributed by atoms with Crippen molar-refractivity contribution in [3.63, 3.8) is 0 Å². The molecule has 0 aliphatic carbocycles. The molecule has 0 saturated carbocycles. The summed E-state index contributed by atoms with van der Waals surface area (Å²) in [5.74, 6) is 0.595. The van der Waals surface area contributed by atoms with Crippen molar-refractivity contribution in [3.05, 3.63) is 63.7 Å². The van der Waals surface area contributed by atoms with Crippen molar-refractivity contribution < 1.29 is 0 Å². The van der Waals surface area contributed by atoms with Gasteiger partial charge in [0.05, 0.1) is 5.52 Å². The molecule has 0 bridgehead atoms. The van der Waals surface area contributed by atoms with Crippen molar-refractivity contribution in [1.82, 2.24) is 19.4 Å². The van der Waals surface area contributed by atoms with Crippen molar-refractivity contribution in [1.29, 1.82) is 5.26 Å². The summed E-state index contributed by atoms with van der Waals surface area (Å²) < 4.78 is 1.50. The first-order chi connectivity index (χ1) is 15.9. The highest BCUT2D eigenvalue weighted by Crippen LogP contribution is 2.33. The van der Waals surface area contributed by atoms with E-state index in [9.17, 15) is 10.1 Å². The third kappa shape index (κ3) is 4.23. The molecule has 2 aromatic heterocycles. The lowest BCUT2D eigenvalue weighted by molar-refractivity contribution is 0.101. The first-order valence-electron chi connectivity index (χ1n) is 11.7. The fraction of sp³-hybridized carbons (Fsp3) is 0.462. The van der Waals surface area contributed by atoms with E-state index in [2.05, 4.69) is 77.8 Å². The van der Waals surface area contributed by atoms with Gasteiger partial charge in [-0.05, 0) is 44.4 Å². The molecule has 0 amide bonds. The molecule has 1 aliphatic heterocycles. The molecule has 0 N–H and O–H groups in total. The predicted molar refractivity (Wildman–Crippen MR) is 131 cm³/mol. The van der Waals surface area contributed by atoms with Crippen LogP contribution in [-0.4, -0.2) is 44.6 Å². The SMILES string of the molecule is CC[C@H]1CN([C@@H](C)c2ccc(C)cc2)[C@H](CC)CN1c1nc(=O)n(C)c2ccc(C#N)nc12. The van der Waals surface area contributed by atoms with Gasteiger partial charge in [-0.1, -0.05) is 43.7 Å². The van der Waals surface area contributed by atoms with Gasteiger partial charge < -0.3 is 4.90 Å². The van der Waals surface area contributed by atoms with Crippen LogP contribution in [0.1, 0.15) is 56.5 Å². The number of aromatic nitrogens is 3. The van der Waals surface area contributed by atoms with Gasteiger partial charge in [-0.3, -0.25) is 9.47 Å². The van der Waals surface area contributed by atoms with Crippen LogP contribution in [0.5, 0.6) is 0 Å². The van der Waals surface area contributed by atoms with E-state index in [-0.39, 0.29) is 11.7 Å². The van der Waals surface area contributed by atoms with Crippen LogP contribution in [0.25, 0.3) is 11.0 Å². The molecule has 0 radical (unpaired) electrons. The number of piperazine rings is 1. The Labute approximate surface area is 195 Å². The second-order valence-corrected chi connectivity index (χ2v) is 9.01. The molecule has 3 atom stereocenters. The topological polar surface area (TPSA) is 78.0 Å². The van der Waals surface area contributed by atoms with Gasteiger partial charge in [-0.25, -0.2) is 9.78 Å². The number of nitriles is 1. The molecule has 1 aromatic carbocycles. The van der Waals surface area contributed by atoms with Crippen LogP contribution in [0, 0.1) is 18.3 Å². The molecule has 3 heterocycles. The van der Waals surface area contributed by atoms with Crippen molar-refractivity contribution in [2.75, 3.05) is 18.0 Å². The number of fused-ring (bicyclic) bond motifs is 1. The minimum Gasteiger partial charge on any atom is -0.349 e. The van der Waals surface area contributed by atoms with Gasteiger partial charge in [0.1, 0.15) is 17.3 Å². The van der Waals surface area contributed by atoms with Gasteiger partial charge in [0.15, 0.2) is 5.82 Å². The van der Waals surface area contributed by atoms with E-state index in [1.54, 1.807) is 19.2 Å². The quantitative estimate of drug-likeness (QED) is 0.593. The summed E-state index contributed by atoms with van der Waals surface area (Å²) >= 11 is 0. The number of aryl methyl sites for hydroxylation is 2. The van der Waals surface area contributed by atoms with Crippen LogP contribution in [0.4, 0.5) is 5.82 Å². The van der Waals surface area contributed by atoms with Crippen molar-refractivity contribution >= 4 is 16.9 Å². The Balaban J connectivity index is 1.75. The smallest absolute Gasteiger partial charge is 0.349 e. The maximum Gasteiger partial charge on any atom is 0.349 e. The summed E-state index contributed by atoms with van der Waals surface area (Å²) in [6.07, 6.45) is 1.91. The fourth-order valence-corrected chi connectivity index (χ4v) is 4.93. The summed E-state index contributed by atoms with van der Waals surface area (Å²) in [6, 6.07) is 15.2. The van der Waals surface area contributed by atoms with Crippen LogP contribution >= 0.6 is 0 Å². The lowest BCUT2D eigenvalue weighted by atomic mass is 9.96. The van der Waals surface area contributed by atoms with E-state index in [0.717, 1.165) is 25.9 Å². The van der Waals surface area contributed by atoms with E-state index < -0.39 is 0 Å². The highest BCUT2D eigenvalue weighted by molar-refractivity contribution is 5.86. The Kier molecular flexibility index (Phi) is 6.48. The lowest BCUT2D eigenvalue weighted by Crippen LogP contribution is -2.59. The minimum atomic E-state index is -0.303. The number of nitrogens with zero attached hydrogens (tertiary/aromatic N) is 6. The number of hydrogen-bond donors (Lipinski definition) is 0. The molecule has 7 heteroatoms. The number of rotatable bonds is 5. The maximum atomic E-state index is 12.7. The van der Waals surface area contributed by atoms with Gasteiger partial charge >= 0.3 is 5.69 Å². The Morgan fingerprint density at radius 2 is 1.76 bits per heavy atom. The largest absolute Gasteiger partial charge is 0.349 e. The first kappa shape index (κ1) is 22.9. The summed E-state index contributed by atoms with van der Waals surface area (Å²) in [5.41, 5.74) is 3.92. The fourth-order valence-electron chi connectivity index (χ4n) is 4.93. The highest BCUT2D eigenvalue weighted by atomic mass is 16.1. The third-order valence-corrected chi connectivity index (χ3v) is 7.06. The molecular formula is C26H32N6O. The Bertz CT molecular complexity index is 1240. The molecule has 0 spiro atoms. The van der Waals surface area contributed by atoms with Crippen molar-refractivity contribution in [2.45, 2.75) is 58.7 Å². The number of anilines is 1. The Hall–Kier alpha value is -3.24. The second-order valence-electron chi connectivity index (χ2n) is 9.01. The molecule has 172 valence electrons. The molecular weight excluding hydrogens is 412 g/mol. The molecule has 4 rings (SSSR count). The van der Waals surface area contributed by atoms with Crippen LogP contribution < -0.4 is 10.6 Å². The molecule has 33 heavy (non-hydrogen) atoms. The average molecular weight is 445 g/mol. The van der Waals surface area contributed by atoms with Gasteiger partial charge in [0.2, 0.25) is 0 Å². The Morgan fingerprint density at radius 3 is 2.39 bits per heavy atom. The van der Waals surface area contributed by atoms with Crippen molar-refractivity contribution in [3.8, 4) is 6.07 Å². The highest BCUT2D eigenvalue weighted by Gasteiger charge is 2.36. The third-order valence-electron chi connectivity index (χ3n) is 7.06. The predicted octanol–water partition coefficient (Wildman–Crippen LogP) is 3.95. The zero-order valence-electron chi connectivity index (χ0n) is 20.1. The zero-order chi connectivity index (χ0) is 23.7. The van der Waals surface area contributed by atoms with E-state index in [4.69, 9.17) is 0 Å². The number of pyridine rings is 1. The summed E-state index contributed by atoms with van der Waals surface area (Å²) in [4.78, 5) is 26.6. The molecule has 1 fully saturated rings. The van der Waals surface area contributed by atoms with Gasteiger partial charge in [-0.2, -0.15) is 10.2 Å². The standard InChI is InChI=1S/C26H32N6O/c1-6-21-16-32(22(7-2)15-31(21)18(4)19-10-8-17(3)9-11-19)25-24-23(30(5)26(33)29-25)13-12-20(14-27)28-24/h8-13,18,21-22H,6-7,15-16H2,1-5H3/t18-,21+,22-/m0/s1. The van der Waals surface area contributed by atoms with Crippen LogP contribution in [0.2, 0.25) is 0 Å². The number of benzene rings is 1. The van der Waals surface area contributed by atoms with E-state index >= 15 is 0 Å². The normalized spacial score (nSPS) is 20.1. The molecule has 1 aliphatic rings. The molecule has 1 saturated heterocycles. The first-order valence-corrected chi connectivity index (χ1v) is 11.7. The second kappa shape index (κ2) is 9.32. The van der Waals surface area contributed by atoms with E-state index in [1.165, 1.54) is 15.7 Å². The minimum absolute atomic E-state index is 0.191. The lowest BCUT2D eigenvalue weighted by Gasteiger charge is -2.49. The molecule has 0 unspecified atom stereocenters. The molecule has 3 aromatic rings.